The molecule has 3 rings (SSSR count). The topological polar surface area (TPSA) is 3.24 Å². The summed E-state index contributed by atoms with van der Waals surface area (Å²) in [5.41, 5.74) is 4.51. The van der Waals surface area contributed by atoms with E-state index in [1.807, 2.05) is 0 Å². The average molecular weight is 265 g/mol. The van der Waals surface area contributed by atoms with Crippen LogP contribution in [0.2, 0.25) is 0 Å². The lowest BCUT2D eigenvalue weighted by Crippen LogP contribution is -2.37. The maximum Gasteiger partial charge on any atom is 0.0239 e. The fourth-order valence-corrected chi connectivity index (χ4v) is 3.10. The van der Waals surface area contributed by atoms with Gasteiger partial charge in [0.1, 0.15) is 0 Å². The maximum atomic E-state index is 2.63. The van der Waals surface area contributed by atoms with E-state index in [2.05, 4.69) is 66.4 Å². The molecule has 0 spiro atoms. The van der Waals surface area contributed by atoms with Gasteiger partial charge in [-0.05, 0) is 42.9 Å². The van der Waals surface area contributed by atoms with E-state index in [1.54, 1.807) is 5.56 Å². The molecule has 1 unspecified atom stereocenters. The van der Waals surface area contributed by atoms with E-state index in [9.17, 15) is 0 Å². The molecule has 2 aromatic carbocycles. The van der Waals surface area contributed by atoms with Crippen LogP contribution in [0.3, 0.4) is 0 Å². The molecule has 1 nitrogen and oxygen atoms in total. The summed E-state index contributed by atoms with van der Waals surface area (Å²) in [5.74, 6) is 0. The summed E-state index contributed by atoms with van der Waals surface area (Å²) < 4.78 is 0. The predicted octanol–water partition coefficient (Wildman–Crippen LogP) is 4.07. The van der Waals surface area contributed by atoms with E-state index in [0.29, 0.717) is 6.04 Å². The van der Waals surface area contributed by atoms with E-state index in [-0.39, 0.29) is 0 Å². The Bertz CT molecular complexity index is 547. The molecule has 0 fully saturated rings. The van der Waals surface area contributed by atoms with E-state index in [0.717, 1.165) is 6.54 Å². The Labute approximate surface area is 122 Å². The van der Waals surface area contributed by atoms with Crippen molar-refractivity contribution < 1.29 is 0 Å². The molecule has 0 saturated carbocycles. The summed E-state index contributed by atoms with van der Waals surface area (Å²) in [6, 6.07) is 20.4. The number of nitrogens with zero attached hydrogens (tertiary/aromatic N) is 1. The molecule has 1 aliphatic rings. The van der Waals surface area contributed by atoms with Gasteiger partial charge < -0.3 is 0 Å². The van der Waals surface area contributed by atoms with Crippen molar-refractivity contribution in [1.29, 1.82) is 0 Å². The van der Waals surface area contributed by atoms with Crippen LogP contribution in [0.25, 0.3) is 0 Å². The Morgan fingerprint density at radius 3 is 2.45 bits per heavy atom. The van der Waals surface area contributed by atoms with E-state index in [1.165, 1.54) is 36.9 Å². The predicted molar refractivity (Wildman–Crippen MR) is 84.8 cm³/mol. The van der Waals surface area contributed by atoms with Crippen LogP contribution in [0.1, 0.15) is 30.0 Å². The first-order valence-electron chi connectivity index (χ1n) is 7.67. The molecule has 2 aromatic rings. The monoisotopic (exact) mass is 265 g/mol. The fraction of sp³-hybridized carbons (Fsp3) is 0.368. The van der Waals surface area contributed by atoms with Gasteiger partial charge in [0.05, 0.1) is 0 Å². The summed E-state index contributed by atoms with van der Waals surface area (Å²) >= 11 is 0. The van der Waals surface area contributed by atoms with Crippen molar-refractivity contribution in [2.75, 3.05) is 6.54 Å². The minimum Gasteiger partial charge on any atom is -0.296 e. The summed E-state index contributed by atoms with van der Waals surface area (Å²) in [6.07, 6.45) is 3.62. The van der Waals surface area contributed by atoms with Gasteiger partial charge in [0.25, 0.3) is 0 Å². The summed E-state index contributed by atoms with van der Waals surface area (Å²) in [7, 11) is 0. The second-order valence-corrected chi connectivity index (χ2v) is 5.86. The van der Waals surface area contributed by atoms with Gasteiger partial charge in [0.15, 0.2) is 0 Å². The van der Waals surface area contributed by atoms with E-state index >= 15 is 0 Å². The van der Waals surface area contributed by atoms with Crippen molar-refractivity contribution in [1.82, 2.24) is 4.90 Å². The quantitative estimate of drug-likeness (QED) is 0.805. The Morgan fingerprint density at radius 1 is 0.950 bits per heavy atom. The molecular weight excluding hydrogens is 242 g/mol. The molecule has 0 amide bonds. The summed E-state index contributed by atoms with van der Waals surface area (Å²) in [5, 5.41) is 0. The molecule has 0 bridgehead atoms. The molecule has 0 N–H and O–H groups in total. The van der Waals surface area contributed by atoms with Gasteiger partial charge in [0.2, 0.25) is 0 Å². The first-order valence-corrected chi connectivity index (χ1v) is 7.67. The number of rotatable bonds is 4. The molecule has 104 valence electrons. The van der Waals surface area contributed by atoms with Crippen molar-refractivity contribution in [3.05, 3.63) is 71.3 Å². The highest BCUT2D eigenvalue weighted by atomic mass is 15.2. The highest BCUT2D eigenvalue weighted by Crippen LogP contribution is 2.21. The lowest BCUT2D eigenvalue weighted by molar-refractivity contribution is 0.182. The van der Waals surface area contributed by atoms with Crippen molar-refractivity contribution in [3.8, 4) is 0 Å². The van der Waals surface area contributed by atoms with Crippen LogP contribution in [0.15, 0.2) is 54.6 Å². The Hall–Kier alpha value is -1.60. The van der Waals surface area contributed by atoms with Gasteiger partial charge >= 0.3 is 0 Å². The zero-order chi connectivity index (χ0) is 13.8. The van der Waals surface area contributed by atoms with Gasteiger partial charge in [-0.1, -0.05) is 54.6 Å². The number of fused-ring (bicyclic) bond motifs is 1. The van der Waals surface area contributed by atoms with E-state index in [4.69, 9.17) is 0 Å². The van der Waals surface area contributed by atoms with Crippen LogP contribution in [-0.2, 0) is 19.4 Å². The van der Waals surface area contributed by atoms with Gasteiger partial charge in [0, 0.05) is 19.1 Å². The van der Waals surface area contributed by atoms with Gasteiger partial charge in [-0.15, -0.1) is 0 Å². The van der Waals surface area contributed by atoms with Crippen molar-refractivity contribution in [2.24, 2.45) is 0 Å². The molecule has 0 aliphatic carbocycles. The zero-order valence-electron chi connectivity index (χ0n) is 12.3. The zero-order valence-corrected chi connectivity index (χ0v) is 12.3. The second-order valence-electron chi connectivity index (χ2n) is 5.86. The summed E-state index contributed by atoms with van der Waals surface area (Å²) in [4.78, 5) is 2.63. The largest absolute Gasteiger partial charge is 0.296 e. The molecular formula is C19H23N. The SMILES string of the molecule is CC(CCc1ccccc1)N1CCc2ccccc2C1. The van der Waals surface area contributed by atoms with Gasteiger partial charge in [-0.25, -0.2) is 0 Å². The summed E-state index contributed by atoms with van der Waals surface area (Å²) in [6.45, 7) is 4.69. The highest BCUT2D eigenvalue weighted by molar-refractivity contribution is 5.29. The Kier molecular flexibility index (Phi) is 4.17. The van der Waals surface area contributed by atoms with Crippen LogP contribution < -0.4 is 0 Å². The van der Waals surface area contributed by atoms with Crippen LogP contribution in [-0.4, -0.2) is 17.5 Å². The highest BCUT2D eigenvalue weighted by Gasteiger charge is 2.19. The first-order chi connectivity index (χ1) is 9.83. The van der Waals surface area contributed by atoms with Crippen LogP contribution >= 0.6 is 0 Å². The standard InChI is InChI=1S/C19H23N/c1-16(11-12-17-7-3-2-4-8-17)20-14-13-18-9-5-6-10-19(18)15-20/h2-10,16H,11-15H2,1H3. The Morgan fingerprint density at radius 2 is 1.65 bits per heavy atom. The van der Waals surface area contributed by atoms with E-state index < -0.39 is 0 Å². The number of hydrogen-bond donors (Lipinski definition) is 0. The van der Waals surface area contributed by atoms with Gasteiger partial charge in [-0.2, -0.15) is 0 Å². The van der Waals surface area contributed by atoms with Crippen LogP contribution in [0.4, 0.5) is 0 Å². The van der Waals surface area contributed by atoms with Crippen molar-refractivity contribution in [3.63, 3.8) is 0 Å². The molecule has 1 heteroatoms. The molecule has 0 saturated heterocycles. The number of aryl methyl sites for hydroxylation is 1. The minimum atomic E-state index is 0.656. The van der Waals surface area contributed by atoms with Crippen molar-refractivity contribution >= 4 is 0 Å². The lowest BCUT2D eigenvalue weighted by Gasteiger charge is -2.33. The molecule has 1 atom stereocenters. The third-order valence-electron chi connectivity index (χ3n) is 4.48. The molecule has 0 radical (unpaired) electrons. The van der Waals surface area contributed by atoms with Crippen molar-refractivity contribution in [2.45, 2.75) is 38.8 Å². The third kappa shape index (κ3) is 3.10. The lowest BCUT2D eigenvalue weighted by atomic mass is 9.97. The number of benzene rings is 2. The molecule has 20 heavy (non-hydrogen) atoms. The third-order valence-corrected chi connectivity index (χ3v) is 4.48. The Balaban J connectivity index is 1.58. The normalized spacial score (nSPS) is 16.6. The fourth-order valence-electron chi connectivity index (χ4n) is 3.10. The second kappa shape index (κ2) is 6.23. The van der Waals surface area contributed by atoms with Crippen LogP contribution in [0.5, 0.6) is 0 Å². The molecule has 0 aromatic heterocycles. The maximum absolute atomic E-state index is 2.63. The number of hydrogen-bond acceptors (Lipinski definition) is 1. The smallest absolute Gasteiger partial charge is 0.0239 e. The van der Waals surface area contributed by atoms with Gasteiger partial charge in [-0.3, -0.25) is 4.90 Å². The first kappa shape index (κ1) is 13.4. The molecule has 1 aliphatic heterocycles. The minimum absolute atomic E-state index is 0.656. The average Bonchev–Trinajstić information content (AvgIpc) is 2.53. The van der Waals surface area contributed by atoms with Crippen LogP contribution in [0, 0.1) is 0 Å². The molecule has 1 heterocycles.